The molecule has 248 valence electrons. The zero-order valence-electron chi connectivity index (χ0n) is 29.3. The second-order valence-electron chi connectivity index (χ2n) is 14.0. The summed E-state index contributed by atoms with van der Waals surface area (Å²) in [5.41, 5.74) is 6.47. The summed E-state index contributed by atoms with van der Waals surface area (Å²) in [7, 11) is 0. The topological polar surface area (TPSA) is 52.3 Å². The molecule has 0 unspecified atom stereocenters. The molecule has 0 aliphatic carbocycles. The Morgan fingerprint density at radius 2 is 0.732 bits per heavy atom. The van der Waals surface area contributed by atoms with Crippen LogP contribution in [0.1, 0.15) is 196 Å². The zero-order valence-corrected chi connectivity index (χ0v) is 30.2. The fourth-order valence-electron chi connectivity index (χ4n) is 6.61. The molecule has 0 aromatic carbocycles. The number of rotatable bonds is 31. The monoisotopic (exact) mass is 600 g/mol. The van der Waals surface area contributed by atoms with Gasteiger partial charge in [-0.05, 0) is 0 Å². The van der Waals surface area contributed by atoms with Gasteiger partial charge in [0.05, 0.1) is 0 Å². The molecule has 0 amide bonds. The third-order valence-electron chi connectivity index (χ3n) is 9.65. The second kappa shape index (κ2) is 26.3. The van der Waals surface area contributed by atoms with Crippen molar-refractivity contribution in [2.24, 2.45) is 11.7 Å². The average molecular weight is 600 g/mol. The van der Waals surface area contributed by atoms with Crippen molar-refractivity contribution in [3.63, 3.8) is 0 Å². The van der Waals surface area contributed by atoms with E-state index in [1.165, 1.54) is 154 Å². The first kappa shape index (κ1) is 40.9. The van der Waals surface area contributed by atoms with Crippen LogP contribution in [0.25, 0.3) is 0 Å². The van der Waals surface area contributed by atoms with E-state index >= 15 is 0 Å². The third kappa shape index (κ3) is 19.7. The zero-order chi connectivity index (χ0) is 30.7. The van der Waals surface area contributed by atoms with Gasteiger partial charge in [-0.3, -0.25) is 0 Å². The van der Waals surface area contributed by atoms with Crippen LogP contribution in [0, 0.1) is 5.92 Å². The van der Waals surface area contributed by atoms with Gasteiger partial charge in [-0.15, -0.1) is 0 Å². The molecule has 4 heteroatoms. The Balaban J connectivity index is 5.56. The predicted octanol–water partition coefficient (Wildman–Crippen LogP) is 12.4. The van der Waals surface area contributed by atoms with Gasteiger partial charge in [-0.25, -0.2) is 0 Å². The fraction of sp³-hybridized carbons (Fsp3) is 0.973. The molecule has 0 saturated heterocycles. The van der Waals surface area contributed by atoms with Crippen molar-refractivity contribution in [1.29, 1.82) is 0 Å². The van der Waals surface area contributed by atoms with Crippen molar-refractivity contribution >= 4 is 12.8 Å². The van der Waals surface area contributed by atoms with Gasteiger partial charge in [-0.1, -0.05) is 13.3 Å². The number of nitrogens with two attached hydrogens (primary N) is 1. The Labute approximate surface area is 259 Å². The van der Waals surface area contributed by atoms with Crippen LogP contribution < -0.4 is 5.73 Å². The van der Waals surface area contributed by atoms with E-state index in [0.29, 0.717) is 0 Å². The summed E-state index contributed by atoms with van der Waals surface area (Å²) >= 11 is 0. The van der Waals surface area contributed by atoms with Gasteiger partial charge < -0.3 is 0 Å². The molecule has 0 aliphatic rings. The Morgan fingerprint density at radius 1 is 0.488 bits per heavy atom. The van der Waals surface area contributed by atoms with E-state index in [2.05, 4.69) is 41.5 Å². The molecule has 0 radical (unpaired) electrons. The van der Waals surface area contributed by atoms with Crippen LogP contribution in [0.3, 0.4) is 0 Å². The van der Waals surface area contributed by atoms with Crippen molar-refractivity contribution in [3.8, 4) is 0 Å². The number of unbranched alkanes of at least 4 members (excludes halogenated alkanes) is 20. The van der Waals surface area contributed by atoms with Crippen molar-refractivity contribution in [1.82, 2.24) is 0 Å². The summed E-state index contributed by atoms with van der Waals surface area (Å²) in [6.45, 7) is 10.6. The van der Waals surface area contributed by atoms with Gasteiger partial charge in [0.15, 0.2) is 0 Å². The van der Waals surface area contributed by atoms with Crippen molar-refractivity contribution in [3.05, 3.63) is 0 Å². The number of carbonyl (C=O) groups is 1. The van der Waals surface area contributed by atoms with Crippen molar-refractivity contribution in [2.45, 2.75) is 202 Å². The quantitative estimate of drug-likeness (QED) is 0.0637. The second-order valence-corrected chi connectivity index (χ2v) is 19.7. The van der Waals surface area contributed by atoms with E-state index < -0.39 is 12.9 Å². The molecular weight excluding hydrogens is 521 g/mol. The molecule has 0 aromatic rings. The molecule has 2 N–H and O–H groups in total. The van der Waals surface area contributed by atoms with E-state index in [0.717, 1.165) is 24.6 Å². The molecule has 0 aliphatic heterocycles. The summed E-state index contributed by atoms with van der Waals surface area (Å²) in [6, 6.07) is -0.500. The summed E-state index contributed by atoms with van der Waals surface area (Å²) in [5.74, 6) is 0.0369. The van der Waals surface area contributed by atoms with Crippen LogP contribution in [0.4, 0.5) is 0 Å². The average Bonchev–Trinajstić information content (AvgIpc) is 2.96. The molecular formula is C37H78NO2P. The molecule has 0 spiro atoms. The Morgan fingerprint density at radius 3 is 1.00 bits per heavy atom. The molecule has 0 rings (SSSR count). The SMILES string of the molecule is CCCCCCCCCCCCCCP(CCCCCC)(CCCCCC)(CCCCCC)OC(=O)[C@H](N)C(C)C. The van der Waals surface area contributed by atoms with Crippen molar-refractivity contribution in [2.75, 3.05) is 24.6 Å². The molecule has 0 bridgehead atoms. The third-order valence-corrected chi connectivity index (χ3v) is 16.1. The molecule has 0 fully saturated rings. The van der Waals surface area contributed by atoms with Gasteiger partial charge >= 0.3 is 247 Å². The summed E-state index contributed by atoms with van der Waals surface area (Å²) in [5, 5.41) is 0. The van der Waals surface area contributed by atoms with Crippen LogP contribution in [-0.4, -0.2) is 36.7 Å². The minimum atomic E-state index is -2.70. The molecule has 0 saturated carbocycles. The Kier molecular flexibility index (Phi) is 26.2. The number of hydrogen-bond donors (Lipinski definition) is 1. The Hall–Kier alpha value is -0.140. The van der Waals surface area contributed by atoms with Crippen LogP contribution in [0.5, 0.6) is 0 Å². The molecule has 0 heterocycles. The number of carbonyl (C=O) groups excluding carboxylic acids is 1. The maximum absolute atomic E-state index is 13.7. The molecule has 1 atom stereocenters. The van der Waals surface area contributed by atoms with Gasteiger partial charge in [-0.2, -0.15) is 0 Å². The van der Waals surface area contributed by atoms with Crippen LogP contribution in [0.15, 0.2) is 0 Å². The van der Waals surface area contributed by atoms with Gasteiger partial charge in [0.2, 0.25) is 0 Å². The summed E-state index contributed by atoms with van der Waals surface area (Å²) in [6.07, 6.45) is 36.1. The molecule has 41 heavy (non-hydrogen) atoms. The Bertz CT molecular complexity index is 559. The maximum atomic E-state index is 13.7. The standard InChI is InChI=1S/C37H78NO2P/c1-7-11-15-19-20-21-22-23-24-25-26-30-34-41(31-27-16-12-8-2,32-28-17-13-9-3,33-29-18-14-10-4)40-37(39)36(38)35(5)6/h35-36H,7-34,38H2,1-6H3/t36-/m1/s1. The first-order chi connectivity index (χ1) is 19.8. The van der Waals surface area contributed by atoms with E-state index in [-0.39, 0.29) is 11.9 Å². The summed E-state index contributed by atoms with van der Waals surface area (Å²) < 4.78 is 7.06. The fourth-order valence-corrected chi connectivity index (χ4v) is 13.0. The van der Waals surface area contributed by atoms with Gasteiger partial charge in [0.25, 0.3) is 0 Å². The van der Waals surface area contributed by atoms with Gasteiger partial charge in [0.1, 0.15) is 0 Å². The minimum absolute atomic E-state index is 0.0851. The molecule has 0 aromatic heterocycles. The van der Waals surface area contributed by atoms with E-state index in [4.69, 9.17) is 10.3 Å². The normalized spacial score (nSPS) is 13.8. The number of hydrogen-bond acceptors (Lipinski definition) is 3. The van der Waals surface area contributed by atoms with Gasteiger partial charge in [0, 0.05) is 0 Å². The van der Waals surface area contributed by atoms with Crippen LogP contribution in [-0.2, 0) is 9.32 Å². The van der Waals surface area contributed by atoms with E-state index in [1.807, 2.05) is 0 Å². The van der Waals surface area contributed by atoms with Crippen LogP contribution in [0.2, 0.25) is 0 Å². The molecule has 3 nitrogen and oxygen atoms in total. The first-order valence-electron chi connectivity index (χ1n) is 18.8. The van der Waals surface area contributed by atoms with Crippen LogP contribution >= 0.6 is 6.83 Å². The summed E-state index contributed by atoms with van der Waals surface area (Å²) in [4.78, 5) is 13.7. The first-order valence-corrected chi connectivity index (χ1v) is 21.7. The van der Waals surface area contributed by atoms with E-state index in [9.17, 15) is 4.79 Å². The van der Waals surface area contributed by atoms with E-state index in [1.54, 1.807) is 0 Å². The predicted molar refractivity (Wildman–Crippen MR) is 189 cm³/mol. The van der Waals surface area contributed by atoms with Crippen molar-refractivity contribution < 1.29 is 9.32 Å².